The van der Waals surface area contributed by atoms with Crippen molar-refractivity contribution in [3.8, 4) is 11.5 Å². The van der Waals surface area contributed by atoms with E-state index in [2.05, 4.69) is 0 Å². The minimum Gasteiger partial charge on any atom is -0.504 e. The van der Waals surface area contributed by atoms with Crippen molar-refractivity contribution in [2.45, 2.75) is 19.0 Å². The van der Waals surface area contributed by atoms with Crippen molar-refractivity contribution in [2.75, 3.05) is 13.2 Å². The summed E-state index contributed by atoms with van der Waals surface area (Å²) in [4.78, 5) is 14.1. The highest BCUT2D eigenvalue weighted by Gasteiger charge is 2.21. The Labute approximate surface area is 140 Å². The first-order valence-electron chi connectivity index (χ1n) is 7.71. The molecule has 6 nitrogen and oxygen atoms in total. The fourth-order valence-corrected chi connectivity index (χ4v) is 2.46. The quantitative estimate of drug-likeness (QED) is 0.566. The summed E-state index contributed by atoms with van der Waals surface area (Å²) < 4.78 is 0. The number of nitrogens with zero attached hydrogens (tertiary/aromatic N) is 1. The second-order valence-corrected chi connectivity index (χ2v) is 5.60. The predicted octanol–water partition coefficient (Wildman–Crippen LogP) is 0.989. The number of phenols is 2. The van der Waals surface area contributed by atoms with Gasteiger partial charge in [-0.05, 0) is 29.7 Å². The Morgan fingerprint density at radius 2 is 1.75 bits per heavy atom. The van der Waals surface area contributed by atoms with Crippen LogP contribution in [0.5, 0.6) is 11.5 Å². The number of aliphatic hydroxyl groups excluding tert-OH is 1. The lowest BCUT2D eigenvalue weighted by atomic mass is 10.0. The molecule has 6 heteroatoms. The molecule has 0 saturated carbocycles. The van der Waals surface area contributed by atoms with Crippen LogP contribution < -0.4 is 5.73 Å². The molecule has 0 aliphatic heterocycles. The van der Waals surface area contributed by atoms with Crippen molar-refractivity contribution in [3.63, 3.8) is 0 Å². The van der Waals surface area contributed by atoms with Crippen molar-refractivity contribution in [1.29, 1.82) is 0 Å². The van der Waals surface area contributed by atoms with Crippen LogP contribution in [0.25, 0.3) is 0 Å². The van der Waals surface area contributed by atoms with E-state index in [1.807, 2.05) is 30.3 Å². The largest absolute Gasteiger partial charge is 0.504 e. The van der Waals surface area contributed by atoms with Gasteiger partial charge in [0.05, 0.1) is 12.6 Å². The number of aliphatic hydroxyl groups is 1. The number of rotatable bonds is 7. The summed E-state index contributed by atoms with van der Waals surface area (Å²) in [7, 11) is 0. The normalized spacial score (nSPS) is 11.9. The van der Waals surface area contributed by atoms with Crippen LogP contribution in [-0.2, 0) is 17.8 Å². The lowest BCUT2D eigenvalue weighted by Crippen LogP contribution is -2.45. The monoisotopic (exact) mass is 330 g/mol. The van der Waals surface area contributed by atoms with Crippen LogP contribution >= 0.6 is 0 Å². The maximum Gasteiger partial charge on any atom is 0.240 e. The van der Waals surface area contributed by atoms with E-state index in [1.54, 1.807) is 6.07 Å². The van der Waals surface area contributed by atoms with E-state index in [1.165, 1.54) is 17.0 Å². The van der Waals surface area contributed by atoms with Gasteiger partial charge in [-0.25, -0.2) is 0 Å². The van der Waals surface area contributed by atoms with E-state index < -0.39 is 6.04 Å². The number of carbonyl (C=O) groups excluding carboxylic acids is 1. The molecule has 0 heterocycles. The third kappa shape index (κ3) is 4.71. The second-order valence-electron chi connectivity index (χ2n) is 5.60. The molecule has 0 aliphatic rings. The standard InChI is InChI=1S/C18H22N2O4/c19-15(10-14-6-7-16(22)17(23)11-14)18(24)20(8-9-21)12-13-4-2-1-3-5-13/h1-7,11,15,21-23H,8-10,12,19H2/t15-/m0/s1. The fraction of sp³-hybridized carbons (Fsp3) is 0.278. The highest BCUT2D eigenvalue weighted by Crippen LogP contribution is 2.25. The first kappa shape index (κ1) is 17.8. The number of benzene rings is 2. The maximum atomic E-state index is 12.6. The van der Waals surface area contributed by atoms with Crippen molar-refractivity contribution < 1.29 is 20.1 Å². The number of hydrogen-bond donors (Lipinski definition) is 4. The summed E-state index contributed by atoms with van der Waals surface area (Å²) >= 11 is 0. The summed E-state index contributed by atoms with van der Waals surface area (Å²) in [6.45, 7) is 0.419. The molecule has 2 aromatic rings. The first-order valence-corrected chi connectivity index (χ1v) is 7.71. The number of amides is 1. The minimum absolute atomic E-state index is 0.148. The Hall–Kier alpha value is -2.57. The Kier molecular flexibility index (Phi) is 6.17. The first-order chi connectivity index (χ1) is 11.5. The van der Waals surface area contributed by atoms with Crippen molar-refractivity contribution >= 4 is 5.91 Å². The Morgan fingerprint density at radius 1 is 1.04 bits per heavy atom. The zero-order chi connectivity index (χ0) is 17.5. The minimum atomic E-state index is -0.802. The molecule has 0 unspecified atom stereocenters. The van der Waals surface area contributed by atoms with Gasteiger partial charge < -0.3 is 26.0 Å². The van der Waals surface area contributed by atoms with Crippen LogP contribution in [0.2, 0.25) is 0 Å². The van der Waals surface area contributed by atoms with Crippen LogP contribution in [0, 0.1) is 0 Å². The molecule has 1 amide bonds. The van der Waals surface area contributed by atoms with Gasteiger partial charge in [-0.1, -0.05) is 36.4 Å². The van der Waals surface area contributed by atoms with E-state index in [9.17, 15) is 20.1 Å². The molecule has 24 heavy (non-hydrogen) atoms. The van der Waals surface area contributed by atoms with Gasteiger partial charge in [0.15, 0.2) is 11.5 Å². The van der Waals surface area contributed by atoms with E-state index >= 15 is 0 Å². The van der Waals surface area contributed by atoms with Crippen molar-refractivity contribution in [1.82, 2.24) is 4.90 Å². The zero-order valence-electron chi connectivity index (χ0n) is 13.3. The molecule has 1 atom stereocenters. The second kappa shape index (κ2) is 8.33. The Morgan fingerprint density at radius 3 is 2.38 bits per heavy atom. The third-order valence-corrected chi connectivity index (χ3v) is 3.71. The average Bonchev–Trinajstić information content (AvgIpc) is 2.58. The maximum absolute atomic E-state index is 12.6. The molecule has 5 N–H and O–H groups in total. The molecular formula is C18H22N2O4. The molecule has 128 valence electrons. The molecule has 0 aromatic heterocycles. The third-order valence-electron chi connectivity index (χ3n) is 3.71. The average molecular weight is 330 g/mol. The zero-order valence-corrected chi connectivity index (χ0v) is 13.3. The molecule has 0 saturated heterocycles. The van der Waals surface area contributed by atoms with Crippen molar-refractivity contribution in [3.05, 3.63) is 59.7 Å². The molecule has 2 aromatic carbocycles. The van der Waals surface area contributed by atoms with E-state index in [4.69, 9.17) is 5.73 Å². The lowest BCUT2D eigenvalue weighted by Gasteiger charge is -2.25. The summed E-state index contributed by atoms with van der Waals surface area (Å²) in [6.07, 6.45) is 0.226. The molecular weight excluding hydrogens is 308 g/mol. The fourth-order valence-electron chi connectivity index (χ4n) is 2.46. The Balaban J connectivity index is 2.06. The summed E-state index contributed by atoms with van der Waals surface area (Å²) in [5, 5.41) is 28.1. The Bertz CT molecular complexity index is 676. The number of nitrogens with two attached hydrogens (primary N) is 1. The SMILES string of the molecule is N[C@@H](Cc1ccc(O)c(O)c1)C(=O)N(CCO)Cc1ccccc1. The van der Waals surface area contributed by atoms with Crippen molar-refractivity contribution in [2.24, 2.45) is 5.73 Å². The van der Waals surface area contributed by atoms with E-state index in [-0.39, 0.29) is 37.0 Å². The van der Waals surface area contributed by atoms with E-state index in [0.29, 0.717) is 12.1 Å². The van der Waals surface area contributed by atoms with Crippen LogP contribution in [0.3, 0.4) is 0 Å². The topological polar surface area (TPSA) is 107 Å². The molecule has 2 rings (SSSR count). The van der Waals surface area contributed by atoms with Gasteiger partial charge in [0, 0.05) is 13.1 Å². The van der Waals surface area contributed by atoms with Gasteiger partial charge in [0.25, 0.3) is 0 Å². The van der Waals surface area contributed by atoms with Gasteiger partial charge in [-0.15, -0.1) is 0 Å². The van der Waals surface area contributed by atoms with Gasteiger partial charge in [-0.2, -0.15) is 0 Å². The number of aromatic hydroxyl groups is 2. The molecule has 0 aliphatic carbocycles. The molecule has 0 spiro atoms. The predicted molar refractivity (Wildman–Crippen MR) is 90.4 cm³/mol. The van der Waals surface area contributed by atoms with Gasteiger partial charge in [-0.3, -0.25) is 4.79 Å². The van der Waals surface area contributed by atoms with E-state index in [0.717, 1.165) is 5.56 Å². The van der Waals surface area contributed by atoms with Gasteiger partial charge in [0.2, 0.25) is 5.91 Å². The van der Waals surface area contributed by atoms with Crippen LogP contribution in [0.15, 0.2) is 48.5 Å². The molecule has 0 bridgehead atoms. The number of phenolic OH excluding ortho intramolecular Hbond substituents is 2. The van der Waals surface area contributed by atoms with Crippen LogP contribution in [0.1, 0.15) is 11.1 Å². The van der Waals surface area contributed by atoms with Gasteiger partial charge in [0.1, 0.15) is 0 Å². The summed E-state index contributed by atoms with van der Waals surface area (Å²) in [6, 6.07) is 13.0. The van der Waals surface area contributed by atoms with Crippen LogP contribution in [0.4, 0.5) is 0 Å². The molecule has 0 fully saturated rings. The highest BCUT2D eigenvalue weighted by molar-refractivity contribution is 5.82. The van der Waals surface area contributed by atoms with Gasteiger partial charge >= 0.3 is 0 Å². The lowest BCUT2D eigenvalue weighted by molar-refractivity contribution is -0.133. The number of carbonyl (C=O) groups is 1. The smallest absolute Gasteiger partial charge is 0.240 e. The summed E-state index contributed by atoms with van der Waals surface area (Å²) in [5.41, 5.74) is 7.61. The highest BCUT2D eigenvalue weighted by atomic mass is 16.3. The van der Waals surface area contributed by atoms with Crippen LogP contribution in [-0.4, -0.2) is 45.3 Å². The molecule has 0 radical (unpaired) electrons. The summed E-state index contributed by atoms with van der Waals surface area (Å²) in [5.74, 6) is -0.742. The number of hydrogen-bond acceptors (Lipinski definition) is 5.